The summed E-state index contributed by atoms with van der Waals surface area (Å²) < 4.78 is 1.55. The Morgan fingerprint density at radius 3 is 3.00 bits per heavy atom. The first-order valence-corrected chi connectivity index (χ1v) is 5.69. The van der Waals surface area contributed by atoms with Crippen LogP contribution in [0, 0.1) is 0 Å². The fourth-order valence-electron chi connectivity index (χ4n) is 2.01. The van der Waals surface area contributed by atoms with Crippen LogP contribution < -0.4 is 10.2 Å². The predicted molar refractivity (Wildman–Crippen MR) is 67.8 cm³/mol. The highest BCUT2D eigenvalue weighted by atomic mass is 16.2. The van der Waals surface area contributed by atoms with E-state index in [1.807, 2.05) is 0 Å². The minimum atomic E-state index is -0.254. The van der Waals surface area contributed by atoms with E-state index in [0.717, 1.165) is 0 Å². The van der Waals surface area contributed by atoms with Crippen LogP contribution in [-0.2, 0) is 11.8 Å². The fourth-order valence-corrected chi connectivity index (χ4v) is 2.01. The fraction of sp³-hybridized carbons (Fsp3) is 0.167. The molecule has 7 nitrogen and oxygen atoms in total. The molecule has 7 heteroatoms. The van der Waals surface area contributed by atoms with Gasteiger partial charge in [0.15, 0.2) is 0 Å². The van der Waals surface area contributed by atoms with Crippen LogP contribution in [0.5, 0.6) is 0 Å². The number of anilines is 2. The highest BCUT2D eigenvalue weighted by Gasteiger charge is 2.28. The van der Waals surface area contributed by atoms with Crippen molar-refractivity contribution < 1.29 is 9.59 Å². The molecule has 0 atom stereocenters. The maximum absolute atomic E-state index is 12.4. The van der Waals surface area contributed by atoms with Crippen LogP contribution in [0.4, 0.5) is 11.4 Å². The number of aryl methyl sites for hydroxylation is 1. The topological polar surface area (TPSA) is 80.1 Å². The number of aromatic nitrogens is 3. The van der Waals surface area contributed by atoms with Crippen LogP contribution in [0.2, 0.25) is 0 Å². The lowest BCUT2D eigenvalue weighted by molar-refractivity contribution is -0.115. The van der Waals surface area contributed by atoms with Gasteiger partial charge in [0.05, 0.1) is 29.3 Å². The molecule has 0 saturated carbocycles. The first-order chi connectivity index (χ1) is 9.15. The molecule has 0 unspecified atom stereocenters. The lowest BCUT2D eigenvalue weighted by atomic mass is 10.2. The molecule has 0 radical (unpaired) electrons. The Bertz CT molecular complexity index is 664. The zero-order valence-corrected chi connectivity index (χ0v) is 10.2. The molecule has 19 heavy (non-hydrogen) atoms. The molecule has 2 amide bonds. The molecule has 2 aromatic rings. The first kappa shape index (κ1) is 11.4. The van der Waals surface area contributed by atoms with Crippen molar-refractivity contribution in [3.8, 4) is 0 Å². The van der Waals surface area contributed by atoms with E-state index >= 15 is 0 Å². The van der Waals surface area contributed by atoms with Gasteiger partial charge >= 0.3 is 0 Å². The van der Waals surface area contributed by atoms with Crippen molar-refractivity contribution in [2.45, 2.75) is 0 Å². The molecule has 2 aromatic heterocycles. The van der Waals surface area contributed by atoms with Gasteiger partial charge in [0.2, 0.25) is 5.91 Å². The molecule has 1 aliphatic rings. The van der Waals surface area contributed by atoms with Crippen LogP contribution in [0.15, 0.2) is 30.9 Å². The number of rotatable bonds is 1. The number of nitrogens with one attached hydrogen (secondary N) is 1. The molecular formula is C12H11N5O2. The maximum atomic E-state index is 12.4. The van der Waals surface area contributed by atoms with Gasteiger partial charge in [-0.25, -0.2) is 0 Å². The summed E-state index contributed by atoms with van der Waals surface area (Å²) in [5.41, 5.74) is 1.62. The Morgan fingerprint density at radius 1 is 1.42 bits per heavy atom. The van der Waals surface area contributed by atoms with Gasteiger partial charge < -0.3 is 5.32 Å². The van der Waals surface area contributed by atoms with Crippen molar-refractivity contribution in [1.82, 2.24) is 14.8 Å². The van der Waals surface area contributed by atoms with E-state index in [0.29, 0.717) is 16.9 Å². The average molecular weight is 257 g/mol. The molecule has 0 fully saturated rings. The minimum Gasteiger partial charge on any atom is -0.321 e. The second-order valence-corrected chi connectivity index (χ2v) is 4.23. The lowest BCUT2D eigenvalue weighted by Crippen LogP contribution is -2.42. The SMILES string of the molecule is Cn1cc(C(=O)N2CC(=O)Nc3cnccc32)cn1. The molecular weight excluding hydrogens is 246 g/mol. The Labute approximate surface area is 108 Å². The minimum absolute atomic E-state index is 0.00919. The summed E-state index contributed by atoms with van der Waals surface area (Å²) in [4.78, 5) is 29.4. The largest absolute Gasteiger partial charge is 0.321 e. The Hall–Kier alpha value is -2.70. The highest BCUT2D eigenvalue weighted by Crippen LogP contribution is 2.28. The summed E-state index contributed by atoms with van der Waals surface area (Å²) in [6, 6.07) is 1.70. The van der Waals surface area contributed by atoms with Crippen LogP contribution in [0.3, 0.4) is 0 Å². The highest BCUT2D eigenvalue weighted by molar-refractivity contribution is 6.14. The van der Waals surface area contributed by atoms with Crippen molar-refractivity contribution in [2.24, 2.45) is 7.05 Å². The number of carbonyl (C=O) groups is 2. The van der Waals surface area contributed by atoms with Crippen molar-refractivity contribution in [1.29, 1.82) is 0 Å². The number of fused-ring (bicyclic) bond motifs is 1. The third kappa shape index (κ3) is 1.95. The normalized spacial score (nSPS) is 13.9. The van der Waals surface area contributed by atoms with Gasteiger partial charge in [0.25, 0.3) is 5.91 Å². The third-order valence-corrected chi connectivity index (χ3v) is 2.86. The molecule has 0 saturated heterocycles. The van der Waals surface area contributed by atoms with E-state index in [1.165, 1.54) is 17.3 Å². The predicted octanol–water partition coefficient (Wildman–Crippen LogP) is 0.414. The molecule has 3 rings (SSSR count). The molecule has 0 aromatic carbocycles. The van der Waals surface area contributed by atoms with Gasteiger partial charge in [-0.15, -0.1) is 0 Å². The van der Waals surface area contributed by atoms with Crippen molar-refractivity contribution in [2.75, 3.05) is 16.8 Å². The van der Waals surface area contributed by atoms with Crippen LogP contribution >= 0.6 is 0 Å². The van der Waals surface area contributed by atoms with E-state index in [1.54, 1.807) is 30.2 Å². The van der Waals surface area contributed by atoms with E-state index in [-0.39, 0.29) is 18.4 Å². The monoisotopic (exact) mass is 257 g/mol. The Kier molecular flexibility index (Phi) is 2.52. The Morgan fingerprint density at radius 2 is 2.26 bits per heavy atom. The third-order valence-electron chi connectivity index (χ3n) is 2.86. The van der Waals surface area contributed by atoms with Gasteiger partial charge in [0, 0.05) is 19.4 Å². The zero-order valence-electron chi connectivity index (χ0n) is 10.2. The molecule has 1 N–H and O–H groups in total. The van der Waals surface area contributed by atoms with Gasteiger partial charge in [0.1, 0.15) is 6.54 Å². The average Bonchev–Trinajstić information content (AvgIpc) is 2.83. The maximum Gasteiger partial charge on any atom is 0.262 e. The van der Waals surface area contributed by atoms with E-state index in [2.05, 4.69) is 15.4 Å². The number of amides is 2. The number of hydrogen-bond donors (Lipinski definition) is 1. The molecule has 0 aliphatic carbocycles. The van der Waals surface area contributed by atoms with E-state index in [9.17, 15) is 9.59 Å². The first-order valence-electron chi connectivity index (χ1n) is 5.69. The summed E-state index contributed by atoms with van der Waals surface area (Å²) in [6.45, 7) is -0.00919. The molecule has 96 valence electrons. The number of nitrogens with zero attached hydrogens (tertiary/aromatic N) is 4. The molecule has 3 heterocycles. The van der Waals surface area contributed by atoms with Gasteiger partial charge in [-0.05, 0) is 6.07 Å². The number of carbonyl (C=O) groups excluding carboxylic acids is 2. The van der Waals surface area contributed by atoms with Crippen LogP contribution in [0.1, 0.15) is 10.4 Å². The lowest BCUT2D eigenvalue weighted by Gasteiger charge is -2.28. The van der Waals surface area contributed by atoms with Crippen molar-refractivity contribution in [3.63, 3.8) is 0 Å². The van der Waals surface area contributed by atoms with Crippen LogP contribution in [0.25, 0.3) is 0 Å². The quantitative estimate of drug-likeness (QED) is 0.802. The second-order valence-electron chi connectivity index (χ2n) is 4.23. The molecule has 0 spiro atoms. The van der Waals surface area contributed by atoms with E-state index in [4.69, 9.17) is 0 Å². The summed E-state index contributed by atoms with van der Waals surface area (Å²) in [5.74, 6) is -0.492. The number of hydrogen-bond acceptors (Lipinski definition) is 4. The van der Waals surface area contributed by atoms with Gasteiger partial charge in [-0.1, -0.05) is 0 Å². The summed E-state index contributed by atoms with van der Waals surface area (Å²) in [7, 11) is 1.73. The van der Waals surface area contributed by atoms with E-state index < -0.39 is 0 Å². The van der Waals surface area contributed by atoms with Crippen molar-refractivity contribution in [3.05, 3.63) is 36.4 Å². The molecule has 0 bridgehead atoms. The standard InChI is InChI=1S/C12H11N5O2/c1-16-6-8(4-14-16)12(19)17-7-11(18)15-9-5-13-3-2-10(9)17/h2-6H,7H2,1H3,(H,15,18). The van der Waals surface area contributed by atoms with Crippen molar-refractivity contribution >= 4 is 23.2 Å². The molecule has 1 aliphatic heterocycles. The van der Waals surface area contributed by atoms with Crippen LogP contribution in [-0.4, -0.2) is 33.1 Å². The van der Waals surface area contributed by atoms with Gasteiger partial charge in [-0.3, -0.25) is 24.2 Å². The summed E-state index contributed by atoms with van der Waals surface area (Å²) in [6.07, 6.45) is 6.21. The second kappa shape index (κ2) is 4.20. The summed E-state index contributed by atoms with van der Waals surface area (Å²) in [5, 5.41) is 6.65. The number of pyridine rings is 1. The zero-order chi connectivity index (χ0) is 13.4. The van der Waals surface area contributed by atoms with Gasteiger partial charge in [-0.2, -0.15) is 5.10 Å². The Balaban J connectivity index is 2.01. The smallest absolute Gasteiger partial charge is 0.262 e. The summed E-state index contributed by atoms with van der Waals surface area (Å²) >= 11 is 0.